The molecule has 0 saturated carbocycles. The minimum atomic E-state index is -0.503. The zero-order chi connectivity index (χ0) is 17.0. The number of nitrogens with zero attached hydrogens (tertiary/aromatic N) is 1. The highest BCUT2D eigenvalue weighted by atomic mass is 35.5. The largest absolute Gasteiger partial charge is 0.444 e. The van der Waals surface area contributed by atoms with E-state index in [2.05, 4.69) is 15.3 Å². The molecule has 2 rings (SSSR count). The van der Waals surface area contributed by atoms with Gasteiger partial charge in [0.05, 0.1) is 5.02 Å². The standard InChI is InChI=1S/C16H19Cl2N3O2/c1-16(2,3)23-15(22)19-7-6-11-9-20-14(21-11)12-5-4-10(17)8-13(12)18/h4-5,8-9H,6-7H2,1-3H3,(H,19,22)(H,20,21). The normalized spacial score (nSPS) is 11.3. The van der Waals surface area contributed by atoms with Gasteiger partial charge >= 0.3 is 6.09 Å². The fraction of sp³-hybridized carbons (Fsp3) is 0.375. The van der Waals surface area contributed by atoms with E-state index >= 15 is 0 Å². The van der Waals surface area contributed by atoms with E-state index in [4.69, 9.17) is 27.9 Å². The SMILES string of the molecule is CC(C)(C)OC(=O)NCCc1cnc(-c2ccc(Cl)cc2Cl)[nH]1. The number of aromatic nitrogens is 2. The zero-order valence-electron chi connectivity index (χ0n) is 13.2. The van der Waals surface area contributed by atoms with Crippen molar-refractivity contribution in [2.75, 3.05) is 6.54 Å². The van der Waals surface area contributed by atoms with Crippen LogP contribution in [-0.4, -0.2) is 28.2 Å². The van der Waals surface area contributed by atoms with Crippen molar-refractivity contribution in [2.45, 2.75) is 32.8 Å². The van der Waals surface area contributed by atoms with Gasteiger partial charge in [-0.25, -0.2) is 9.78 Å². The Hall–Kier alpha value is -1.72. The molecule has 0 radical (unpaired) electrons. The molecule has 0 atom stereocenters. The quantitative estimate of drug-likeness (QED) is 0.851. The molecule has 5 nitrogen and oxygen atoms in total. The van der Waals surface area contributed by atoms with Crippen LogP contribution in [0.2, 0.25) is 10.0 Å². The molecule has 1 aromatic carbocycles. The minimum absolute atomic E-state index is 0.432. The number of halogens is 2. The maximum Gasteiger partial charge on any atom is 0.407 e. The summed E-state index contributed by atoms with van der Waals surface area (Å²) in [5.74, 6) is 0.666. The first-order chi connectivity index (χ1) is 10.7. The lowest BCUT2D eigenvalue weighted by Crippen LogP contribution is -2.33. The van der Waals surface area contributed by atoms with Crippen molar-refractivity contribution in [3.05, 3.63) is 40.1 Å². The molecule has 124 valence electrons. The Morgan fingerprint density at radius 1 is 1.35 bits per heavy atom. The Morgan fingerprint density at radius 2 is 2.09 bits per heavy atom. The number of aromatic amines is 1. The second kappa shape index (κ2) is 7.23. The lowest BCUT2D eigenvalue weighted by molar-refractivity contribution is 0.0528. The van der Waals surface area contributed by atoms with Gasteiger partial charge in [-0.15, -0.1) is 0 Å². The molecule has 0 saturated heterocycles. The monoisotopic (exact) mass is 355 g/mol. The number of alkyl carbamates (subject to hydrolysis) is 1. The molecule has 2 N–H and O–H groups in total. The molecular weight excluding hydrogens is 337 g/mol. The highest BCUT2D eigenvalue weighted by Gasteiger charge is 2.15. The Bertz CT molecular complexity index is 693. The number of H-pyrrole nitrogens is 1. The summed E-state index contributed by atoms with van der Waals surface area (Å²) >= 11 is 12.0. The van der Waals surface area contributed by atoms with Crippen LogP contribution < -0.4 is 5.32 Å². The van der Waals surface area contributed by atoms with Crippen LogP contribution in [0.4, 0.5) is 4.79 Å². The molecular formula is C16H19Cl2N3O2. The molecule has 0 unspecified atom stereocenters. The van der Waals surface area contributed by atoms with Crippen LogP contribution in [-0.2, 0) is 11.2 Å². The summed E-state index contributed by atoms with van der Waals surface area (Å²) in [6, 6.07) is 5.24. The van der Waals surface area contributed by atoms with E-state index in [0.29, 0.717) is 28.8 Å². The third-order valence-corrected chi connectivity index (χ3v) is 3.43. The highest BCUT2D eigenvalue weighted by Crippen LogP contribution is 2.28. The number of nitrogens with one attached hydrogen (secondary N) is 2. The third-order valence-electron chi connectivity index (χ3n) is 2.88. The minimum Gasteiger partial charge on any atom is -0.444 e. The summed E-state index contributed by atoms with van der Waals surface area (Å²) < 4.78 is 5.17. The van der Waals surface area contributed by atoms with Crippen molar-refractivity contribution < 1.29 is 9.53 Å². The molecule has 7 heteroatoms. The van der Waals surface area contributed by atoms with Gasteiger partial charge in [-0.1, -0.05) is 23.2 Å². The smallest absolute Gasteiger partial charge is 0.407 e. The van der Waals surface area contributed by atoms with Crippen LogP contribution >= 0.6 is 23.2 Å². The number of benzene rings is 1. The number of amides is 1. The fourth-order valence-corrected chi connectivity index (χ4v) is 2.42. The first-order valence-corrected chi connectivity index (χ1v) is 7.96. The van der Waals surface area contributed by atoms with E-state index in [0.717, 1.165) is 11.3 Å². The lowest BCUT2D eigenvalue weighted by Gasteiger charge is -2.19. The topological polar surface area (TPSA) is 67.0 Å². The van der Waals surface area contributed by atoms with Gasteiger partial charge in [-0.3, -0.25) is 0 Å². The highest BCUT2D eigenvalue weighted by molar-refractivity contribution is 6.36. The second-order valence-electron chi connectivity index (χ2n) is 6.06. The molecule has 1 heterocycles. The van der Waals surface area contributed by atoms with E-state index < -0.39 is 11.7 Å². The van der Waals surface area contributed by atoms with Crippen LogP contribution in [0.1, 0.15) is 26.5 Å². The number of ether oxygens (including phenoxy) is 1. The third kappa shape index (κ3) is 5.44. The summed E-state index contributed by atoms with van der Waals surface area (Å²) in [6.07, 6.45) is 1.90. The summed E-state index contributed by atoms with van der Waals surface area (Å²) in [5.41, 5.74) is 1.17. The first-order valence-electron chi connectivity index (χ1n) is 7.21. The van der Waals surface area contributed by atoms with Gasteiger partial charge < -0.3 is 15.0 Å². The van der Waals surface area contributed by atoms with Gasteiger partial charge in [-0.05, 0) is 39.0 Å². The predicted octanol–water partition coefficient (Wildman–Crippen LogP) is 4.45. The number of imidazole rings is 1. The molecule has 0 bridgehead atoms. The average Bonchev–Trinajstić information content (AvgIpc) is 2.85. The van der Waals surface area contributed by atoms with Gasteiger partial charge in [0.2, 0.25) is 0 Å². The Labute approximate surface area is 145 Å². The molecule has 0 aliphatic heterocycles. The van der Waals surface area contributed by atoms with Crippen molar-refractivity contribution in [2.24, 2.45) is 0 Å². The fourth-order valence-electron chi connectivity index (χ4n) is 1.92. The Kier molecular flexibility index (Phi) is 5.55. The van der Waals surface area contributed by atoms with Crippen molar-refractivity contribution in [3.8, 4) is 11.4 Å². The molecule has 0 aliphatic rings. The number of hydrogen-bond acceptors (Lipinski definition) is 3. The average molecular weight is 356 g/mol. The second-order valence-corrected chi connectivity index (χ2v) is 6.90. The van der Waals surface area contributed by atoms with E-state index in [-0.39, 0.29) is 0 Å². The summed E-state index contributed by atoms with van der Waals surface area (Å²) in [7, 11) is 0. The first kappa shape index (κ1) is 17.6. The predicted molar refractivity (Wildman–Crippen MR) is 92.0 cm³/mol. The number of carbonyl (C=O) groups excluding carboxylic acids is 1. The summed E-state index contributed by atoms with van der Waals surface area (Å²) in [5, 5.41) is 3.81. The molecule has 0 aliphatic carbocycles. The van der Waals surface area contributed by atoms with Gasteiger partial charge in [0.15, 0.2) is 0 Å². The van der Waals surface area contributed by atoms with Gasteiger partial charge in [0.1, 0.15) is 11.4 Å². The molecule has 23 heavy (non-hydrogen) atoms. The van der Waals surface area contributed by atoms with Crippen molar-refractivity contribution in [3.63, 3.8) is 0 Å². The molecule has 1 aromatic heterocycles. The van der Waals surface area contributed by atoms with Crippen molar-refractivity contribution in [1.29, 1.82) is 0 Å². The maximum absolute atomic E-state index is 11.6. The maximum atomic E-state index is 11.6. The summed E-state index contributed by atoms with van der Waals surface area (Å²) in [4.78, 5) is 19.1. The van der Waals surface area contributed by atoms with Crippen LogP contribution in [0.3, 0.4) is 0 Å². The molecule has 0 fully saturated rings. The summed E-state index contributed by atoms with van der Waals surface area (Å²) in [6.45, 7) is 5.92. The molecule has 2 aromatic rings. The van der Waals surface area contributed by atoms with Crippen molar-refractivity contribution in [1.82, 2.24) is 15.3 Å². The Balaban J connectivity index is 1.91. The number of rotatable bonds is 4. The number of carbonyl (C=O) groups is 1. The van der Waals surface area contributed by atoms with Gasteiger partial charge in [0.25, 0.3) is 0 Å². The van der Waals surface area contributed by atoms with Gasteiger partial charge in [-0.2, -0.15) is 0 Å². The van der Waals surface area contributed by atoms with Crippen LogP contribution in [0.25, 0.3) is 11.4 Å². The lowest BCUT2D eigenvalue weighted by atomic mass is 10.2. The van der Waals surface area contributed by atoms with Crippen molar-refractivity contribution >= 4 is 29.3 Å². The van der Waals surface area contributed by atoms with E-state index in [1.54, 1.807) is 18.3 Å². The van der Waals surface area contributed by atoms with E-state index in [9.17, 15) is 4.79 Å². The number of hydrogen-bond donors (Lipinski definition) is 2. The van der Waals surface area contributed by atoms with E-state index in [1.165, 1.54) is 0 Å². The molecule has 0 spiro atoms. The van der Waals surface area contributed by atoms with Crippen LogP contribution in [0.15, 0.2) is 24.4 Å². The van der Waals surface area contributed by atoms with Gasteiger partial charge in [0, 0.05) is 35.4 Å². The van der Waals surface area contributed by atoms with E-state index in [1.807, 2.05) is 26.8 Å². The zero-order valence-corrected chi connectivity index (χ0v) is 14.8. The van der Waals surface area contributed by atoms with Crippen LogP contribution in [0.5, 0.6) is 0 Å². The molecule has 1 amide bonds. The van der Waals surface area contributed by atoms with Crippen LogP contribution in [0, 0.1) is 0 Å². The Morgan fingerprint density at radius 3 is 2.74 bits per heavy atom.